The minimum Gasteiger partial charge on any atom is -0.476 e. The van der Waals surface area contributed by atoms with Gasteiger partial charge in [-0.25, -0.2) is 0 Å². The Bertz CT molecular complexity index is 1020. The van der Waals surface area contributed by atoms with Gasteiger partial charge in [-0.2, -0.15) is 0 Å². The molecule has 0 atom stereocenters. The Balaban J connectivity index is 1.74. The number of carbonyl (C=O) groups excluding carboxylic acids is 1. The molecule has 3 aromatic rings. The summed E-state index contributed by atoms with van der Waals surface area (Å²) in [5.41, 5.74) is 0.753. The number of ether oxygens (including phenoxy) is 2. The number of amides is 1. The predicted octanol–water partition coefficient (Wildman–Crippen LogP) is 2.90. The summed E-state index contributed by atoms with van der Waals surface area (Å²) in [6, 6.07) is 0. The van der Waals surface area contributed by atoms with Crippen LogP contribution in [0.15, 0.2) is 15.7 Å². The van der Waals surface area contributed by atoms with E-state index in [0.717, 1.165) is 15.7 Å². The van der Waals surface area contributed by atoms with Crippen LogP contribution in [0.25, 0.3) is 11.4 Å². The van der Waals surface area contributed by atoms with Gasteiger partial charge in [0.25, 0.3) is 0 Å². The average Bonchev–Trinajstić information content (AvgIpc) is 3.50. The molecule has 0 aliphatic heterocycles. The molecule has 0 saturated heterocycles. The Morgan fingerprint density at radius 3 is 2.75 bits per heavy atom. The first-order valence-corrected chi connectivity index (χ1v) is 12.9. The zero-order chi connectivity index (χ0) is 22.9. The van der Waals surface area contributed by atoms with Crippen molar-refractivity contribution >= 4 is 45.9 Å². The maximum absolute atomic E-state index is 12.4. The van der Waals surface area contributed by atoms with Crippen LogP contribution in [0.3, 0.4) is 0 Å². The van der Waals surface area contributed by atoms with Crippen LogP contribution in [0.5, 0.6) is 5.88 Å². The first kappa shape index (κ1) is 24.5. The fourth-order valence-corrected chi connectivity index (χ4v) is 5.10. The zero-order valence-corrected chi connectivity index (χ0v) is 20.8. The molecule has 0 spiro atoms. The highest BCUT2D eigenvalue weighted by Gasteiger charge is 2.21. The first-order valence-electron chi connectivity index (χ1n) is 10.1. The highest BCUT2D eigenvalue weighted by molar-refractivity contribution is 8.01. The molecule has 0 fully saturated rings. The molecule has 0 bridgehead atoms. The van der Waals surface area contributed by atoms with Crippen LogP contribution in [-0.4, -0.2) is 72.5 Å². The van der Waals surface area contributed by atoms with Crippen molar-refractivity contribution in [3.63, 3.8) is 0 Å². The largest absolute Gasteiger partial charge is 0.476 e. The number of anilines is 1. The SMILES string of the molecule is CCOc1nn(CC)cc1-c1nnc(SCC(=O)Nc2nnc(SCC)s2)n1CCOC. The molecule has 1 N–H and O–H groups in total. The molecule has 3 aromatic heterocycles. The van der Waals surface area contributed by atoms with E-state index in [2.05, 4.69) is 30.8 Å². The molecular weight excluding hydrogens is 472 g/mol. The highest BCUT2D eigenvalue weighted by atomic mass is 32.2. The van der Waals surface area contributed by atoms with Crippen LogP contribution in [0.1, 0.15) is 20.8 Å². The van der Waals surface area contributed by atoms with Gasteiger partial charge < -0.3 is 9.47 Å². The molecule has 0 radical (unpaired) electrons. The quantitative estimate of drug-likeness (QED) is 0.278. The Morgan fingerprint density at radius 2 is 2.03 bits per heavy atom. The third-order valence-corrected chi connectivity index (χ3v) is 6.88. The van der Waals surface area contributed by atoms with Crippen LogP contribution >= 0.6 is 34.9 Å². The summed E-state index contributed by atoms with van der Waals surface area (Å²) in [5, 5.41) is 25.1. The Hall–Kier alpha value is -2.16. The summed E-state index contributed by atoms with van der Waals surface area (Å²) in [6.45, 7) is 8.15. The van der Waals surface area contributed by atoms with Gasteiger partial charge in [-0.05, 0) is 19.6 Å². The maximum atomic E-state index is 12.4. The van der Waals surface area contributed by atoms with Crippen LogP contribution in [0.4, 0.5) is 5.13 Å². The Kier molecular flexibility index (Phi) is 9.32. The fraction of sp³-hybridized carbons (Fsp3) is 0.556. The molecule has 11 nitrogen and oxygen atoms in total. The van der Waals surface area contributed by atoms with E-state index in [1.54, 1.807) is 23.6 Å². The van der Waals surface area contributed by atoms with Crippen molar-refractivity contribution in [2.45, 2.75) is 43.4 Å². The monoisotopic (exact) mass is 498 g/mol. The molecule has 3 rings (SSSR count). The van der Waals surface area contributed by atoms with Crippen molar-refractivity contribution in [3.8, 4) is 17.3 Å². The van der Waals surface area contributed by atoms with Crippen molar-refractivity contribution in [2.24, 2.45) is 0 Å². The van der Waals surface area contributed by atoms with Gasteiger partial charge in [0.15, 0.2) is 15.3 Å². The van der Waals surface area contributed by atoms with Crippen LogP contribution < -0.4 is 10.1 Å². The second kappa shape index (κ2) is 12.2. The summed E-state index contributed by atoms with van der Waals surface area (Å²) in [5.74, 6) is 2.01. The maximum Gasteiger partial charge on any atom is 0.243 e. The molecule has 0 aromatic carbocycles. The lowest BCUT2D eigenvalue weighted by Gasteiger charge is -2.09. The number of methoxy groups -OCH3 is 1. The number of nitrogens with one attached hydrogen (secondary N) is 1. The molecule has 174 valence electrons. The number of hydrogen-bond donors (Lipinski definition) is 1. The van der Waals surface area contributed by atoms with Gasteiger partial charge in [0.1, 0.15) is 5.56 Å². The standard InChI is InChI=1S/C18H26N8O3S3/c1-5-25-10-12(15(24-25)29-6-2)14-20-22-17(26(14)8-9-28-4)31-11-13(27)19-16-21-23-18(32-16)30-7-3/h10H,5-9,11H2,1-4H3,(H,19,21,27). The first-order chi connectivity index (χ1) is 15.6. The third kappa shape index (κ3) is 6.21. The van der Waals surface area contributed by atoms with E-state index >= 15 is 0 Å². The topological polar surface area (TPSA) is 122 Å². The lowest BCUT2D eigenvalue weighted by Crippen LogP contribution is -2.15. The second-order valence-corrected chi connectivity index (χ2v) is 9.66. The zero-order valence-electron chi connectivity index (χ0n) is 18.4. The number of thioether (sulfide) groups is 2. The van der Waals surface area contributed by atoms with E-state index in [0.29, 0.717) is 48.3 Å². The average molecular weight is 499 g/mol. The molecule has 3 heterocycles. The third-order valence-electron chi connectivity index (χ3n) is 4.06. The number of nitrogens with zero attached hydrogens (tertiary/aromatic N) is 7. The highest BCUT2D eigenvalue weighted by Crippen LogP contribution is 2.31. The molecule has 0 aliphatic rings. The van der Waals surface area contributed by atoms with Gasteiger partial charge in [-0.1, -0.05) is 41.8 Å². The van der Waals surface area contributed by atoms with E-state index in [9.17, 15) is 4.79 Å². The van der Waals surface area contributed by atoms with E-state index in [1.165, 1.54) is 23.1 Å². The van der Waals surface area contributed by atoms with Crippen molar-refractivity contribution in [1.82, 2.24) is 34.7 Å². The molecule has 14 heteroatoms. The molecular formula is C18H26N8O3S3. The van der Waals surface area contributed by atoms with Crippen molar-refractivity contribution in [3.05, 3.63) is 6.20 Å². The van der Waals surface area contributed by atoms with Crippen molar-refractivity contribution in [1.29, 1.82) is 0 Å². The molecule has 0 aliphatic carbocycles. The predicted molar refractivity (Wildman–Crippen MR) is 126 cm³/mol. The van der Waals surface area contributed by atoms with Gasteiger partial charge >= 0.3 is 0 Å². The van der Waals surface area contributed by atoms with Crippen LogP contribution in [-0.2, 0) is 22.6 Å². The normalized spacial score (nSPS) is 11.1. The second-order valence-electron chi connectivity index (χ2n) is 6.23. The van der Waals surface area contributed by atoms with Gasteiger partial charge in [0.2, 0.25) is 16.9 Å². The number of carbonyl (C=O) groups is 1. The van der Waals surface area contributed by atoms with Crippen molar-refractivity contribution in [2.75, 3.05) is 37.1 Å². The minimum absolute atomic E-state index is 0.160. The van der Waals surface area contributed by atoms with Gasteiger partial charge in [-0.15, -0.1) is 25.5 Å². The van der Waals surface area contributed by atoms with E-state index in [1.807, 2.05) is 31.5 Å². The van der Waals surface area contributed by atoms with Gasteiger partial charge in [0, 0.05) is 19.9 Å². The number of hydrogen-bond acceptors (Lipinski definition) is 11. The number of aryl methyl sites for hydroxylation is 1. The Labute approximate surface area is 198 Å². The van der Waals surface area contributed by atoms with Crippen LogP contribution in [0, 0.1) is 0 Å². The summed E-state index contributed by atoms with van der Waals surface area (Å²) < 4.78 is 15.5. The van der Waals surface area contributed by atoms with Crippen LogP contribution in [0.2, 0.25) is 0 Å². The lowest BCUT2D eigenvalue weighted by molar-refractivity contribution is -0.113. The molecule has 1 amide bonds. The minimum atomic E-state index is -0.184. The van der Waals surface area contributed by atoms with Gasteiger partial charge in [0.05, 0.1) is 25.5 Å². The van der Waals surface area contributed by atoms with Gasteiger partial charge in [-0.3, -0.25) is 19.4 Å². The van der Waals surface area contributed by atoms with E-state index in [-0.39, 0.29) is 11.7 Å². The summed E-state index contributed by atoms with van der Waals surface area (Å²) in [4.78, 5) is 12.4. The van der Waals surface area contributed by atoms with E-state index in [4.69, 9.17) is 9.47 Å². The number of aromatic nitrogens is 7. The summed E-state index contributed by atoms with van der Waals surface area (Å²) in [7, 11) is 1.64. The molecule has 0 unspecified atom stereocenters. The summed E-state index contributed by atoms with van der Waals surface area (Å²) >= 11 is 4.24. The molecule has 32 heavy (non-hydrogen) atoms. The Morgan fingerprint density at radius 1 is 1.19 bits per heavy atom. The summed E-state index contributed by atoms with van der Waals surface area (Å²) in [6.07, 6.45) is 1.89. The lowest BCUT2D eigenvalue weighted by atomic mass is 10.3. The van der Waals surface area contributed by atoms with Crippen molar-refractivity contribution < 1.29 is 14.3 Å². The molecule has 0 saturated carbocycles. The smallest absolute Gasteiger partial charge is 0.243 e. The van der Waals surface area contributed by atoms with E-state index < -0.39 is 0 Å². The fourth-order valence-electron chi connectivity index (χ4n) is 2.67. The number of rotatable bonds is 13.